The lowest BCUT2D eigenvalue weighted by atomic mass is 9.71. The lowest BCUT2D eigenvalue weighted by molar-refractivity contribution is -0.306. The fourth-order valence-corrected chi connectivity index (χ4v) is 4.61. The molecule has 10 nitrogen and oxygen atoms in total. The van der Waals surface area contributed by atoms with E-state index in [1.54, 1.807) is 6.92 Å². The minimum Gasteiger partial charge on any atom is -0.394 e. The fourth-order valence-electron chi connectivity index (χ4n) is 4.61. The highest BCUT2D eigenvalue weighted by molar-refractivity contribution is 4.99. The van der Waals surface area contributed by atoms with Crippen LogP contribution in [0.3, 0.4) is 0 Å². The maximum atomic E-state index is 10.9. The molecular weight excluding hydrogens is 396 g/mol. The van der Waals surface area contributed by atoms with Crippen molar-refractivity contribution in [3.8, 4) is 0 Å². The van der Waals surface area contributed by atoms with E-state index < -0.39 is 60.6 Å². The van der Waals surface area contributed by atoms with Gasteiger partial charge in [-0.3, -0.25) is 0 Å². The first-order valence-corrected chi connectivity index (χ1v) is 10.7. The third kappa shape index (κ3) is 4.83. The van der Waals surface area contributed by atoms with Crippen LogP contribution in [-0.2, 0) is 18.9 Å². The van der Waals surface area contributed by atoms with Gasteiger partial charge in [0, 0.05) is 18.9 Å². The zero-order valence-corrected chi connectivity index (χ0v) is 18.5. The summed E-state index contributed by atoms with van der Waals surface area (Å²) in [6, 6.07) is -1.59. The molecule has 2 rings (SSSR count). The average molecular weight is 437 g/mol. The van der Waals surface area contributed by atoms with Gasteiger partial charge in [-0.25, -0.2) is 0 Å². The van der Waals surface area contributed by atoms with E-state index in [-0.39, 0.29) is 25.0 Å². The summed E-state index contributed by atoms with van der Waals surface area (Å²) in [6.07, 6.45) is -4.46. The second kappa shape index (κ2) is 10.5. The summed E-state index contributed by atoms with van der Waals surface area (Å²) in [6.45, 7) is 6.86. The number of hydrogen-bond donors (Lipinski definition) is 6. The van der Waals surface area contributed by atoms with Crippen LogP contribution in [0, 0.1) is 17.8 Å². The van der Waals surface area contributed by atoms with Crippen molar-refractivity contribution in [1.29, 1.82) is 0 Å². The lowest BCUT2D eigenvalue weighted by Gasteiger charge is -2.51. The van der Waals surface area contributed by atoms with Gasteiger partial charge in [-0.05, 0) is 19.3 Å². The van der Waals surface area contributed by atoms with Crippen molar-refractivity contribution >= 4 is 0 Å². The molecule has 0 aromatic rings. The van der Waals surface area contributed by atoms with Crippen molar-refractivity contribution < 1.29 is 39.4 Å². The summed E-state index contributed by atoms with van der Waals surface area (Å²) in [4.78, 5) is 0. The summed E-state index contributed by atoms with van der Waals surface area (Å²) in [5.41, 5.74) is 11.4. The first-order chi connectivity index (χ1) is 14.1. The van der Waals surface area contributed by atoms with E-state index in [0.29, 0.717) is 6.42 Å². The highest BCUT2D eigenvalue weighted by Crippen LogP contribution is 2.41. The Morgan fingerprint density at radius 1 is 1.00 bits per heavy atom. The molecule has 0 aliphatic carbocycles. The monoisotopic (exact) mass is 436 g/mol. The number of aliphatic hydroxyl groups is 4. The van der Waals surface area contributed by atoms with E-state index in [4.69, 9.17) is 30.4 Å². The first kappa shape index (κ1) is 25.9. The summed E-state index contributed by atoms with van der Waals surface area (Å²) < 4.78 is 23.1. The maximum Gasteiger partial charge on any atom is 0.176 e. The average Bonchev–Trinajstić information content (AvgIpc) is 2.75. The summed E-state index contributed by atoms with van der Waals surface area (Å²) in [7, 11) is 1.43. The molecule has 10 heteroatoms. The molecule has 2 aliphatic rings. The van der Waals surface area contributed by atoms with E-state index in [1.807, 2.05) is 20.8 Å². The van der Waals surface area contributed by atoms with Gasteiger partial charge in [0.25, 0.3) is 0 Å². The first-order valence-electron chi connectivity index (χ1n) is 10.7. The van der Waals surface area contributed by atoms with Gasteiger partial charge in [0.2, 0.25) is 0 Å². The van der Waals surface area contributed by atoms with Crippen LogP contribution in [0.5, 0.6) is 0 Å². The van der Waals surface area contributed by atoms with Crippen LogP contribution in [0.1, 0.15) is 34.1 Å². The van der Waals surface area contributed by atoms with E-state index >= 15 is 0 Å². The van der Waals surface area contributed by atoms with Crippen molar-refractivity contribution in [2.45, 2.75) is 88.8 Å². The van der Waals surface area contributed by atoms with Crippen molar-refractivity contribution in [2.75, 3.05) is 20.3 Å². The Hall–Kier alpha value is -0.400. The molecule has 0 aromatic heterocycles. The summed E-state index contributed by atoms with van der Waals surface area (Å²) in [5.74, 6) is -1.22. The van der Waals surface area contributed by atoms with Gasteiger partial charge in [0.05, 0.1) is 55.3 Å². The molecule has 2 saturated heterocycles. The molecule has 12 atom stereocenters. The summed E-state index contributed by atoms with van der Waals surface area (Å²) >= 11 is 0. The van der Waals surface area contributed by atoms with Gasteiger partial charge >= 0.3 is 0 Å². The molecule has 178 valence electrons. The predicted octanol–water partition coefficient (Wildman–Crippen LogP) is -1.48. The molecule has 6 unspecified atom stereocenters. The molecule has 0 saturated carbocycles. The van der Waals surface area contributed by atoms with Crippen LogP contribution in [0.25, 0.3) is 0 Å². The van der Waals surface area contributed by atoms with Crippen molar-refractivity contribution in [1.82, 2.24) is 0 Å². The number of ether oxygens (including phenoxy) is 4. The quantitative estimate of drug-likeness (QED) is 0.264. The van der Waals surface area contributed by atoms with E-state index in [9.17, 15) is 20.4 Å². The molecule has 2 aliphatic heterocycles. The molecule has 0 amide bonds. The van der Waals surface area contributed by atoms with Gasteiger partial charge in [-0.1, -0.05) is 20.8 Å². The van der Waals surface area contributed by atoms with Crippen molar-refractivity contribution in [3.63, 3.8) is 0 Å². The number of rotatable bonds is 8. The largest absolute Gasteiger partial charge is 0.394 e. The van der Waals surface area contributed by atoms with Crippen molar-refractivity contribution in [2.24, 2.45) is 29.2 Å². The number of nitrogens with two attached hydrogens (primary N) is 2. The molecule has 2 heterocycles. The molecule has 2 fully saturated rings. The Labute approximate surface area is 178 Å². The zero-order valence-electron chi connectivity index (χ0n) is 18.5. The molecule has 0 spiro atoms. The molecule has 30 heavy (non-hydrogen) atoms. The summed E-state index contributed by atoms with van der Waals surface area (Å²) in [5, 5.41) is 40.8. The second-order valence-corrected chi connectivity index (χ2v) is 8.83. The smallest absolute Gasteiger partial charge is 0.176 e. The van der Waals surface area contributed by atoms with Gasteiger partial charge in [-0.15, -0.1) is 0 Å². The van der Waals surface area contributed by atoms with Crippen LogP contribution in [0.4, 0.5) is 0 Å². The van der Waals surface area contributed by atoms with Crippen LogP contribution < -0.4 is 11.5 Å². The van der Waals surface area contributed by atoms with Crippen LogP contribution >= 0.6 is 0 Å². The molecular formula is C20H40N2O8. The lowest BCUT2D eigenvalue weighted by Crippen LogP contribution is -2.65. The predicted molar refractivity (Wildman–Crippen MR) is 108 cm³/mol. The zero-order chi connectivity index (χ0) is 22.8. The highest BCUT2D eigenvalue weighted by atomic mass is 16.7. The van der Waals surface area contributed by atoms with E-state index in [2.05, 4.69) is 0 Å². The standard InChI is InChI=1S/C20H40N2O8/c1-6-20(4,30-19-14(21)16(25)9(2)11(7-23)28-19)10(3)13-12(8-24)29-18(27-5)15(22)17(13)26/h9-19,23-26H,6-8,21-22H2,1-5H3/t9-,10?,11?,12?,13-,14+,15+,16?,17?,18-,19+,20?/m1/s1. The normalized spacial score (nSPS) is 45.7. The van der Waals surface area contributed by atoms with Gasteiger partial charge in [-0.2, -0.15) is 0 Å². The molecule has 0 bridgehead atoms. The van der Waals surface area contributed by atoms with E-state index in [0.717, 1.165) is 0 Å². The third-order valence-electron chi connectivity index (χ3n) is 7.20. The number of aliphatic hydroxyl groups excluding tert-OH is 4. The Morgan fingerprint density at radius 2 is 1.53 bits per heavy atom. The van der Waals surface area contributed by atoms with Crippen LogP contribution in [0.2, 0.25) is 0 Å². The van der Waals surface area contributed by atoms with Crippen LogP contribution in [0.15, 0.2) is 0 Å². The minimum atomic E-state index is -0.998. The number of methoxy groups -OCH3 is 1. The second-order valence-electron chi connectivity index (χ2n) is 8.83. The maximum absolute atomic E-state index is 10.9. The number of hydrogen-bond acceptors (Lipinski definition) is 10. The fraction of sp³-hybridized carbons (Fsp3) is 1.00. The van der Waals surface area contributed by atoms with Crippen LogP contribution in [-0.4, -0.2) is 95.4 Å². The minimum absolute atomic E-state index is 0.266. The SMILES string of the molecule is CCC(C)(O[C@@H]1OC(CO)[C@@H](C)C(O)[C@@H]1N)C(C)[C@@H]1C(CO)O[C@@H](OC)[C@@H](N)C1O. The highest BCUT2D eigenvalue weighted by Gasteiger charge is 2.52. The Balaban J connectivity index is 2.25. The van der Waals surface area contributed by atoms with Crippen molar-refractivity contribution in [3.05, 3.63) is 0 Å². The molecule has 0 radical (unpaired) electrons. The van der Waals surface area contributed by atoms with E-state index in [1.165, 1.54) is 7.11 Å². The van der Waals surface area contributed by atoms with Gasteiger partial charge < -0.3 is 50.8 Å². The Morgan fingerprint density at radius 3 is 2.03 bits per heavy atom. The molecule has 8 N–H and O–H groups in total. The third-order valence-corrected chi connectivity index (χ3v) is 7.20. The Bertz CT molecular complexity index is 539. The molecule has 0 aromatic carbocycles. The van der Waals surface area contributed by atoms with Gasteiger partial charge in [0.15, 0.2) is 12.6 Å². The topological polar surface area (TPSA) is 170 Å². The van der Waals surface area contributed by atoms with Gasteiger partial charge in [0.1, 0.15) is 0 Å². The Kier molecular flexibility index (Phi) is 9.03.